The van der Waals surface area contributed by atoms with E-state index in [0.29, 0.717) is 5.92 Å². The van der Waals surface area contributed by atoms with E-state index in [4.69, 9.17) is 0 Å². The SMILES string of the molecule is Cc1nn2c(c1C)NCC(c1ccncc1)C2. The van der Waals surface area contributed by atoms with Gasteiger partial charge >= 0.3 is 0 Å². The smallest absolute Gasteiger partial charge is 0.127 e. The Morgan fingerprint density at radius 1 is 1.29 bits per heavy atom. The molecule has 0 fully saturated rings. The Kier molecular flexibility index (Phi) is 2.35. The molecule has 2 aromatic rings. The Morgan fingerprint density at radius 3 is 2.82 bits per heavy atom. The highest BCUT2D eigenvalue weighted by atomic mass is 15.3. The highest BCUT2D eigenvalue weighted by Crippen LogP contribution is 2.28. The van der Waals surface area contributed by atoms with Gasteiger partial charge in [-0.3, -0.25) is 4.98 Å². The number of hydrogen-bond acceptors (Lipinski definition) is 3. The van der Waals surface area contributed by atoms with E-state index in [0.717, 1.165) is 18.8 Å². The number of rotatable bonds is 1. The Hall–Kier alpha value is -1.84. The van der Waals surface area contributed by atoms with Crippen molar-refractivity contribution in [3.05, 3.63) is 41.3 Å². The third-order valence-electron chi connectivity index (χ3n) is 3.51. The normalized spacial score (nSPS) is 18.6. The molecule has 0 radical (unpaired) electrons. The first kappa shape index (κ1) is 10.3. The molecule has 17 heavy (non-hydrogen) atoms. The zero-order chi connectivity index (χ0) is 11.8. The monoisotopic (exact) mass is 228 g/mol. The number of anilines is 1. The van der Waals surface area contributed by atoms with Gasteiger partial charge in [-0.1, -0.05) is 0 Å². The molecule has 0 saturated carbocycles. The maximum Gasteiger partial charge on any atom is 0.127 e. The van der Waals surface area contributed by atoms with Gasteiger partial charge in [0.15, 0.2) is 0 Å². The molecule has 1 unspecified atom stereocenters. The van der Waals surface area contributed by atoms with Crippen LogP contribution in [0.15, 0.2) is 24.5 Å². The summed E-state index contributed by atoms with van der Waals surface area (Å²) in [6.07, 6.45) is 3.70. The van der Waals surface area contributed by atoms with Gasteiger partial charge in [0.05, 0.1) is 12.2 Å². The van der Waals surface area contributed by atoms with Crippen LogP contribution in [-0.2, 0) is 6.54 Å². The molecule has 1 N–H and O–H groups in total. The van der Waals surface area contributed by atoms with Crippen LogP contribution in [0.1, 0.15) is 22.7 Å². The van der Waals surface area contributed by atoms with Crippen LogP contribution in [0.4, 0.5) is 5.82 Å². The predicted molar refractivity (Wildman–Crippen MR) is 67.2 cm³/mol. The molecule has 0 saturated heterocycles. The molecule has 1 atom stereocenters. The summed E-state index contributed by atoms with van der Waals surface area (Å²) in [7, 11) is 0. The fourth-order valence-corrected chi connectivity index (χ4v) is 2.38. The second kappa shape index (κ2) is 3.87. The Balaban J connectivity index is 1.91. The van der Waals surface area contributed by atoms with Gasteiger partial charge in [-0.2, -0.15) is 5.10 Å². The summed E-state index contributed by atoms with van der Waals surface area (Å²) in [6, 6.07) is 4.17. The van der Waals surface area contributed by atoms with E-state index in [1.807, 2.05) is 12.4 Å². The van der Waals surface area contributed by atoms with Crippen LogP contribution in [0, 0.1) is 13.8 Å². The third kappa shape index (κ3) is 1.69. The molecule has 1 aliphatic heterocycles. The van der Waals surface area contributed by atoms with Crippen LogP contribution in [0.25, 0.3) is 0 Å². The molecule has 0 bridgehead atoms. The van der Waals surface area contributed by atoms with Crippen molar-refractivity contribution in [3.63, 3.8) is 0 Å². The topological polar surface area (TPSA) is 42.7 Å². The van der Waals surface area contributed by atoms with Gasteiger partial charge in [0.2, 0.25) is 0 Å². The molecule has 2 aromatic heterocycles. The van der Waals surface area contributed by atoms with Crippen molar-refractivity contribution >= 4 is 5.82 Å². The van der Waals surface area contributed by atoms with Crippen molar-refractivity contribution in [2.24, 2.45) is 0 Å². The van der Waals surface area contributed by atoms with Crippen LogP contribution < -0.4 is 5.32 Å². The minimum Gasteiger partial charge on any atom is -0.369 e. The summed E-state index contributed by atoms with van der Waals surface area (Å²) in [5.74, 6) is 1.65. The minimum atomic E-state index is 0.476. The molecule has 3 rings (SSSR count). The van der Waals surface area contributed by atoms with Crippen molar-refractivity contribution in [1.29, 1.82) is 0 Å². The maximum absolute atomic E-state index is 4.57. The standard InChI is InChI=1S/C13H16N4/c1-9-10(2)16-17-8-12(7-15-13(9)17)11-3-5-14-6-4-11/h3-6,12,15H,7-8H2,1-2H3. The number of aromatic nitrogens is 3. The van der Waals surface area contributed by atoms with Gasteiger partial charge < -0.3 is 5.32 Å². The quantitative estimate of drug-likeness (QED) is 0.812. The lowest BCUT2D eigenvalue weighted by Gasteiger charge is -2.25. The molecule has 1 aliphatic rings. The van der Waals surface area contributed by atoms with E-state index in [2.05, 4.69) is 46.1 Å². The Labute approximate surface area is 101 Å². The lowest BCUT2D eigenvalue weighted by molar-refractivity contribution is 0.503. The second-order valence-corrected chi connectivity index (χ2v) is 4.60. The maximum atomic E-state index is 4.57. The molecule has 0 aromatic carbocycles. The van der Waals surface area contributed by atoms with Gasteiger partial charge in [0, 0.05) is 30.4 Å². The summed E-state index contributed by atoms with van der Waals surface area (Å²) in [5.41, 5.74) is 3.70. The van der Waals surface area contributed by atoms with Crippen LogP contribution >= 0.6 is 0 Å². The molecule has 4 nitrogen and oxygen atoms in total. The summed E-state index contributed by atoms with van der Waals surface area (Å²) < 4.78 is 2.08. The Morgan fingerprint density at radius 2 is 2.06 bits per heavy atom. The molecule has 0 amide bonds. The summed E-state index contributed by atoms with van der Waals surface area (Å²) in [5, 5.41) is 8.05. The van der Waals surface area contributed by atoms with E-state index in [9.17, 15) is 0 Å². The molecule has 4 heteroatoms. The number of fused-ring (bicyclic) bond motifs is 1. The average Bonchev–Trinajstić information content (AvgIpc) is 2.66. The van der Waals surface area contributed by atoms with E-state index >= 15 is 0 Å². The lowest BCUT2D eigenvalue weighted by Crippen LogP contribution is -2.26. The number of aryl methyl sites for hydroxylation is 1. The average molecular weight is 228 g/mol. The van der Waals surface area contributed by atoms with E-state index in [-0.39, 0.29) is 0 Å². The van der Waals surface area contributed by atoms with Gasteiger partial charge in [-0.25, -0.2) is 4.68 Å². The van der Waals surface area contributed by atoms with Crippen LogP contribution in [0.2, 0.25) is 0 Å². The summed E-state index contributed by atoms with van der Waals surface area (Å²) in [6.45, 7) is 6.09. The fraction of sp³-hybridized carbons (Fsp3) is 0.385. The first-order valence-corrected chi connectivity index (χ1v) is 5.93. The highest BCUT2D eigenvalue weighted by molar-refractivity contribution is 5.48. The molecule has 3 heterocycles. The fourth-order valence-electron chi connectivity index (χ4n) is 2.38. The third-order valence-corrected chi connectivity index (χ3v) is 3.51. The van der Waals surface area contributed by atoms with Gasteiger partial charge in [-0.15, -0.1) is 0 Å². The van der Waals surface area contributed by atoms with E-state index in [1.165, 1.54) is 16.9 Å². The molecule has 0 spiro atoms. The molecule has 0 aliphatic carbocycles. The van der Waals surface area contributed by atoms with Gasteiger partial charge in [0.1, 0.15) is 5.82 Å². The first-order chi connectivity index (χ1) is 8.25. The zero-order valence-corrected chi connectivity index (χ0v) is 10.1. The number of nitrogens with one attached hydrogen (secondary N) is 1. The largest absolute Gasteiger partial charge is 0.369 e. The predicted octanol–water partition coefficient (Wildman–Crippen LogP) is 2.10. The van der Waals surface area contributed by atoms with E-state index < -0.39 is 0 Å². The summed E-state index contributed by atoms with van der Waals surface area (Å²) in [4.78, 5) is 4.06. The van der Waals surface area contributed by atoms with Crippen molar-refractivity contribution in [1.82, 2.24) is 14.8 Å². The van der Waals surface area contributed by atoms with Crippen molar-refractivity contribution in [3.8, 4) is 0 Å². The molecular weight excluding hydrogens is 212 g/mol. The summed E-state index contributed by atoms with van der Waals surface area (Å²) >= 11 is 0. The van der Waals surface area contributed by atoms with E-state index in [1.54, 1.807) is 0 Å². The molecule has 88 valence electrons. The van der Waals surface area contributed by atoms with Crippen LogP contribution in [0.5, 0.6) is 0 Å². The van der Waals surface area contributed by atoms with Crippen molar-refractivity contribution in [2.45, 2.75) is 26.3 Å². The number of hydrogen-bond donors (Lipinski definition) is 1. The van der Waals surface area contributed by atoms with Crippen molar-refractivity contribution < 1.29 is 0 Å². The van der Waals surface area contributed by atoms with Gasteiger partial charge in [0.25, 0.3) is 0 Å². The van der Waals surface area contributed by atoms with Crippen molar-refractivity contribution in [2.75, 3.05) is 11.9 Å². The molecular formula is C13H16N4. The van der Waals surface area contributed by atoms with Crippen LogP contribution in [0.3, 0.4) is 0 Å². The second-order valence-electron chi connectivity index (χ2n) is 4.60. The zero-order valence-electron chi connectivity index (χ0n) is 10.1. The minimum absolute atomic E-state index is 0.476. The number of pyridine rings is 1. The first-order valence-electron chi connectivity index (χ1n) is 5.93. The van der Waals surface area contributed by atoms with Crippen LogP contribution in [-0.4, -0.2) is 21.3 Å². The highest BCUT2D eigenvalue weighted by Gasteiger charge is 2.22. The number of nitrogens with zero attached hydrogens (tertiary/aromatic N) is 3. The Bertz CT molecular complexity index is 530. The lowest BCUT2D eigenvalue weighted by atomic mass is 9.99. The van der Waals surface area contributed by atoms with Gasteiger partial charge in [-0.05, 0) is 31.5 Å².